The van der Waals surface area contributed by atoms with E-state index < -0.39 is 6.61 Å². The van der Waals surface area contributed by atoms with Crippen LogP contribution in [0.3, 0.4) is 0 Å². The van der Waals surface area contributed by atoms with Crippen LogP contribution in [0.25, 0.3) is 0 Å². The number of nitrogens with zero attached hydrogens (tertiary/aromatic N) is 1. The van der Waals surface area contributed by atoms with Gasteiger partial charge in [-0.2, -0.15) is 8.78 Å². The minimum Gasteiger partial charge on any atom is -0.469 e. The van der Waals surface area contributed by atoms with Crippen LogP contribution >= 0.6 is 0 Å². The summed E-state index contributed by atoms with van der Waals surface area (Å²) in [5, 5.41) is 5.87. The van der Waals surface area contributed by atoms with Crippen LogP contribution in [0.2, 0.25) is 0 Å². The minimum absolute atomic E-state index is 0.106. The molecule has 1 aromatic carbocycles. The molecule has 0 saturated carbocycles. The minimum atomic E-state index is -2.88. The summed E-state index contributed by atoms with van der Waals surface area (Å²) < 4.78 is 33.6. The van der Waals surface area contributed by atoms with Gasteiger partial charge in [0.1, 0.15) is 5.75 Å². The van der Waals surface area contributed by atoms with Crippen molar-refractivity contribution in [2.45, 2.75) is 19.6 Å². The Balaban J connectivity index is 2.51. The molecule has 0 bridgehead atoms. The van der Waals surface area contributed by atoms with Crippen LogP contribution in [0.1, 0.15) is 12.0 Å². The number of esters is 1. The Morgan fingerprint density at radius 2 is 2.05 bits per heavy atom. The van der Waals surface area contributed by atoms with E-state index in [9.17, 15) is 13.6 Å². The SMILES string of the molecule is CN=C(NCCC(=O)OC)NCc1ccccc1OC(F)F. The van der Waals surface area contributed by atoms with E-state index in [2.05, 4.69) is 25.1 Å². The van der Waals surface area contributed by atoms with Gasteiger partial charge < -0.3 is 20.1 Å². The van der Waals surface area contributed by atoms with E-state index in [-0.39, 0.29) is 24.7 Å². The third kappa shape index (κ3) is 6.38. The van der Waals surface area contributed by atoms with Crippen molar-refractivity contribution in [2.24, 2.45) is 4.99 Å². The zero-order valence-electron chi connectivity index (χ0n) is 12.4. The van der Waals surface area contributed by atoms with Crippen molar-refractivity contribution in [3.8, 4) is 5.75 Å². The highest BCUT2D eigenvalue weighted by Crippen LogP contribution is 2.19. The van der Waals surface area contributed by atoms with E-state index >= 15 is 0 Å². The first kappa shape index (κ1) is 17.7. The molecule has 0 radical (unpaired) electrons. The molecule has 0 saturated heterocycles. The molecule has 0 aliphatic carbocycles. The van der Waals surface area contributed by atoms with Crippen LogP contribution in [-0.2, 0) is 16.1 Å². The predicted octanol–water partition coefficient (Wildman–Crippen LogP) is 1.52. The van der Waals surface area contributed by atoms with Crippen LogP contribution in [0.4, 0.5) is 8.78 Å². The zero-order chi connectivity index (χ0) is 16.4. The first-order chi connectivity index (χ1) is 10.6. The lowest BCUT2D eigenvalue weighted by Gasteiger charge is -2.14. The molecule has 22 heavy (non-hydrogen) atoms. The molecule has 0 heterocycles. The lowest BCUT2D eigenvalue weighted by Crippen LogP contribution is -2.38. The Hall–Kier alpha value is -2.38. The van der Waals surface area contributed by atoms with Crippen molar-refractivity contribution in [1.82, 2.24) is 10.6 Å². The number of hydrogen-bond acceptors (Lipinski definition) is 4. The van der Waals surface area contributed by atoms with Crippen LogP contribution in [0.15, 0.2) is 29.3 Å². The molecule has 0 spiro atoms. The van der Waals surface area contributed by atoms with Crippen LogP contribution in [0, 0.1) is 0 Å². The Morgan fingerprint density at radius 1 is 1.32 bits per heavy atom. The lowest BCUT2D eigenvalue weighted by atomic mass is 10.2. The Labute approximate surface area is 127 Å². The van der Waals surface area contributed by atoms with Gasteiger partial charge in [-0.1, -0.05) is 18.2 Å². The second-order valence-electron chi connectivity index (χ2n) is 4.16. The zero-order valence-corrected chi connectivity index (χ0v) is 12.4. The molecule has 8 heteroatoms. The fourth-order valence-corrected chi connectivity index (χ4v) is 1.65. The average Bonchev–Trinajstić information content (AvgIpc) is 2.51. The highest BCUT2D eigenvalue weighted by atomic mass is 19.3. The number of benzene rings is 1. The number of halogens is 2. The van der Waals surface area contributed by atoms with Crippen molar-refractivity contribution in [3.05, 3.63) is 29.8 Å². The number of hydrogen-bond donors (Lipinski definition) is 2. The maximum Gasteiger partial charge on any atom is 0.387 e. The van der Waals surface area contributed by atoms with Gasteiger partial charge in [0.05, 0.1) is 13.5 Å². The Kier molecular flexibility index (Phi) is 7.66. The molecule has 1 aromatic rings. The second-order valence-corrected chi connectivity index (χ2v) is 4.16. The summed E-state index contributed by atoms with van der Waals surface area (Å²) in [6.07, 6.45) is 0.197. The maximum atomic E-state index is 12.3. The van der Waals surface area contributed by atoms with E-state index in [1.165, 1.54) is 13.2 Å². The first-order valence-corrected chi connectivity index (χ1v) is 6.61. The third-order valence-electron chi connectivity index (χ3n) is 2.71. The molecule has 0 aromatic heterocycles. The van der Waals surface area contributed by atoms with Gasteiger partial charge in [-0.15, -0.1) is 0 Å². The summed E-state index contributed by atoms with van der Waals surface area (Å²) in [6, 6.07) is 6.48. The molecule has 0 atom stereocenters. The van der Waals surface area contributed by atoms with Crippen LogP contribution in [-0.4, -0.2) is 39.2 Å². The number of ether oxygens (including phenoxy) is 2. The number of carbonyl (C=O) groups excluding carboxylic acids is 1. The molecule has 6 nitrogen and oxygen atoms in total. The number of rotatable bonds is 7. The van der Waals surface area contributed by atoms with E-state index in [0.29, 0.717) is 18.1 Å². The summed E-state index contributed by atoms with van der Waals surface area (Å²) in [5.74, 6) is 0.212. The van der Waals surface area contributed by atoms with E-state index in [1.54, 1.807) is 25.2 Å². The predicted molar refractivity (Wildman–Crippen MR) is 77.9 cm³/mol. The second kappa shape index (κ2) is 9.54. The fourth-order valence-electron chi connectivity index (χ4n) is 1.65. The van der Waals surface area contributed by atoms with Gasteiger partial charge in [0, 0.05) is 25.7 Å². The topological polar surface area (TPSA) is 72.0 Å². The highest BCUT2D eigenvalue weighted by Gasteiger charge is 2.09. The van der Waals surface area contributed by atoms with Crippen molar-refractivity contribution in [1.29, 1.82) is 0 Å². The lowest BCUT2D eigenvalue weighted by molar-refractivity contribution is -0.140. The van der Waals surface area contributed by atoms with E-state index in [1.807, 2.05) is 0 Å². The van der Waals surface area contributed by atoms with Crippen LogP contribution in [0.5, 0.6) is 5.75 Å². The van der Waals surface area contributed by atoms with Gasteiger partial charge in [-0.3, -0.25) is 9.79 Å². The summed E-state index contributed by atoms with van der Waals surface area (Å²) in [6.45, 7) is -2.28. The summed E-state index contributed by atoms with van der Waals surface area (Å²) in [4.78, 5) is 15.0. The number of aliphatic imine (C=N–C) groups is 1. The Bertz CT molecular complexity index is 510. The number of methoxy groups -OCH3 is 1. The third-order valence-corrected chi connectivity index (χ3v) is 2.71. The molecule has 2 N–H and O–H groups in total. The molecular formula is C14H19F2N3O3. The number of alkyl halides is 2. The van der Waals surface area contributed by atoms with Gasteiger partial charge in [0.25, 0.3) is 0 Å². The van der Waals surface area contributed by atoms with E-state index in [4.69, 9.17) is 0 Å². The summed E-state index contributed by atoms with van der Waals surface area (Å²) in [7, 11) is 2.88. The molecule has 122 valence electrons. The van der Waals surface area contributed by atoms with Gasteiger partial charge in [-0.25, -0.2) is 0 Å². The molecule has 0 unspecified atom stereocenters. The number of carbonyl (C=O) groups is 1. The number of guanidine groups is 1. The molecule has 0 amide bonds. The molecule has 0 fully saturated rings. The molecule has 0 aliphatic heterocycles. The summed E-state index contributed by atoms with van der Waals surface area (Å²) in [5.41, 5.74) is 0.568. The summed E-state index contributed by atoms with van der Waals surface area (Å²) >= 11 is 0. The number of nitrogens with one attached hydrogen (secondary N) is 2. The average molecular weight is 315 g/mol. The van der Waals surface area contributed by atoms with Crippen molar-refractivity contribution in [2.75, 3.05) is 20.7 Å². The normalized spacial score (nSPS) is 11.2. The quantitative estimate of drug-likeness (QED) is 0.453. The van der Waals surface area contributed by atoms with Gasteiger partial charge in [0.15, 0.2) is 5.96 Å². The first-order valence-electron chi connectivity index (χ1n) is 6.61. The van der Waals surface area contributed by atoms with Crippen molar-refractivity contribution < 1.29 is 23.0 Å². The fraction of sp³-hybridized carbons (Fsp3) is 0.429. The largest absolute Gasteiger partial charge is 0.469 e. The standard InChI is InChI=1S/C14H19F2N3O3/c1-17-14(18-8-7-12(20)21-2)19-9-10-5-3-4-6-11(10)22-13(15)16/h3-6,13H,7-9H2,1-2H3,(H2,17,18,19). The smallest absolute Gasteiger partial charge is 0.387 e. The molecule has 1 rings (SSSR count). The van der Waals surface area contributed by atoms with Crippen LogP contribution < -0.4 is 15.4 Å². The highest BCUT2D eigenvalue weighted by molar-refractivity contribution is 5.80. The molecule has 0 aliphatic rings. The monoisotopic (exact) mass is 315 g/mol. The van der Waals surface area contributed by atoms with Gasteiger partial charge in [0.2, 0.25) is 0 Å². The van der Waals surface area contributed by atoms with Gasteiger partial charge >= 0.3 is 12.6 Å². The van der Waals surface area contributed by atoms with Crippen molar-refractivity contribution in [3.63, 3.8) is 0 Å². The molecular weight excluding hydrogens is 296 g/mol. The van der Waals surface area contributed by atoms with E-state index in [0.717, 1.165) is 0 Å². The van der Waals surface area contributed by atoms with Gasteiger partial charge in [-0.05, 0) is 6.07 Å². The number of para-hydroxylation sites is 1. The maximum absolute atomic E-state index is 12.3. The Morgan fingerprint density at radius 3 is 2.68 bits per heavy atom. The van der Waals surface area contributed by atoms with Crippen molar-refractivity contribution >= 4 is 11.9 Å².